The van der Waals surface area contributed by atoms with Gasteiger partial charge in [0.1, 0.15) is 0 Å². The molecule has 0 saturated heterocycles. The maximum Gasteiger partial charge on any atom is 0.242 e. The number of aliphatic hydroxyl groups is 1. The number of rotatable bonds is 4. The number of alkyl halides is 2. The number of hydrogen-bond donors (Lipinski definition) is 2. The molecule has 0 amide bonds. The van der Waals surface area contributed by atoms with Gasteiger partial charge in [-0.15, -0.1) is 0 Å². The quantitative estimate of drug-likeness (QED) is 0.775. The van der Waals surface area contributed by atoms with Crippen molar-refractivity contribution in [2.75, 3.05) is 6.54 Å². The van der Waals surface area contributed by atoms with Gasteiger partial charge in [0.25, 0.3) is 0 Å². The highest BCUT2D eigenvalue weighted by Gasteiger charge is 2.13. The predicted octanol–water partition coefficient (Wildman–Crippen LogP) is 1.49. The van der Waals surface area contributed by atoms with Crippen LogP contribution < -0.4 is 5.73 Å². The molecule has 0 spiro atoms. The van der Waals surface area contributed by atoms with Crippen LogP contribution in [0.4, 0.5) is 8.78 Å². The van der Waals surface area contributed by atoms with Crippen LogP contribution >= 0.6 is 0 Å². The summed E-state index contributed by atoms with van der Waals surface area (Å²) in [6.45, 7) is 0.0419. The average Bonchev–Trinajstić information content (AvgIpc) is 2.16. The van der Waals surface area contributed by atoms with Crippen molar-refractivity contribution >= 4 is 0 Å². The second-order valence-corrected chi connectivity index (χ2v) is 3.05. The maximum atomic E-state index is 12.2. The Morgan fingerprint density at radius 1 is 1.29 bits per heavy atom. The summed E-state index contributed by atoms with van der Waals surface area (Å²) in [6.07, 6.45) is -3.60. The number of benzene rings is 1. The molecule has 0 aliphatic heterocycles. The molecule has 4 heteroatoms. The molecule has 14 heavy (non-hydrogen) atoms. The van der Waals surface area contributed by atoms with Gasteiger partial charge in [-0.25, -0.2) is 8.78 Å². The highest BCUT2D eigenvalue weighted by atomic mass is 19.3. The molecule has 0 fully saturated rings. The van der Waals surface area contributed by atoms with Crippen molar-refractivity contribution in [2.45, 2.75) is 19.0 Å². The van der Waals surface area contributed by atoms with E-state index in [0.717, 1.165) is 0 Å². The Balaban J connectivity index is 2.91. The van der Waals surface area contributed by atoms with Crippen LogP contribution in [0.3, 0.4) is 0 Å². The Hall–Kier alpha value is -1.00. The summed E-state index contributed by atoms with van der Waals surface area (Å²) in [5.74, 6) is 0. The van der Waals surface area contributed by atoms with Crippen molar-refractivity contribution in [1.82, 2.24) is 0 Å². The van der Waals surface area contributed by atoms with Gasteiger partial charge in [0.05, 0.1) is 6.10 Å². The molecule has 1 aromatic carbocycles. The van der Waals surface area contributed by atoms with Crippen molar-refractivity contribution in [1.29, 1.82) is 0 Å². The fraction of sp³-hybridized carbons (Fsp3) is 0.400. The van der Waals surface area contributed by atoms with Gasteiger partial charge in [-0.3, -0.25) is 0 Å². The van der Waals surface area contributed by atoms with E-state index in [0.29, 0.717) is 11.1 Å². The standard InChI is InChI=1S/C10H13F2NO/c11-10(12)5-7-3-1-2-4-8(7)9(14)6-13/h1-4,9-10,14H,5-6,13H2. The topological polar surface area (TPSA) is 46.2 Å². The van der Waals surface area contributed by atoms with Crippen LogP contribution in [-0.4, -0.2) is 18.1 Å². The molecule has 1 unspecified atom stereocenters. The van der Waals surface area contributed by atoms with Gasteiger partial charge in [-0.1, -0.05) is 24.3 Å². The molecule has 3 N–H and O–H groups in total. The molecule has 0 radical (unpaired) electrons. The zero-order chi connectivity index (χ0) is 10.6. The van der Waals surface area contributed by atoms with E-state index in [1.54, 1.807) is 24.3 Å². The summed E-state index contributed by atoms with van der Waals surface area (Å²) in [6, 6.07) is 6.57. The molecule has 0 aromatic heterocycles. The Kier molecular flexibility index (Phi) is 3.98. The van der Waals surface area contributed by atoms with Crippen LogP contribution in [0.1, 0.15) is 17.2 Å². The van der Waals surface area contributed by atoms with E-state index in [1.807, 2.05) is 0 Å². The van der Waals surface area contributed by atoms with E-state index >= 15 is 0 Å². The van der Waals surface area contributed by atoms with Gasteiger partial charge >= 0.3 is 0 Å². The number of hydrogen-bond acceptors (Lipinski definition) is 2. The Morgan fingerprint density at radius 2 is 1.93 bits per heavy atom. The van der Waals surface area contributed by atoms with E-state index in [-0.39, 0.29) is 13.0 Å². The van der Waals surface area contributed by atoms with Gasteiger partial charge < -0.3 is 10.8 Å². The maximum absolute atomic E-state index is 12.2. The summed E-state index contributed by atoms with van der Waals surface area (Å²) in [5.41, 5.74) is 6.22. The third kappa shape index (κ3) is 2.75. The average molecular weight is 201 g/mol. The molecule has 0 aliphatic rings. The highest BCUT2D eigenvalue weighted by molar-refractivity contribution is 5.29. The molecule has 1 aromatic rings. The largest absolute Gasteiger partial charge is 0.387 e. The third-order valence-corrected chi connectivity index (χ3v) is 2.01. The second kappa shape index (κ2) is 5.02. The molecule has 0 saturated carbocycles. The molecule has 1 rings (SSSR count). The zero-order valence-corrected chi connectivity index (χ0v) is 7.66. The first kappa shape index (κ1) is 11.1. The molecular formula is C10H13F2NO. The number of halogens is 2. The minimum absolute atomic E-state index is 0.0419. The van der Waals surface area contributed by atoms with E-state index in [1.165, 1.54) is 0 Å². The summed E-state index contributed by atoms with van der Waals surface area (Å²) >= 11 is 0. The van der Waals surface area contributed by atoms with E-state index < -0.39 is 12.5 Å². The van der Waals surface area contributed by atoms with Crippen molar-refractivity contribution in [3.8, 4) is 0 Å². The fourth-order valence-corrected chi connectivity index (χ4v) is 1.34. The van der Waals surface area contributed by atoms with Crippen LogP contribution in [-0.2, 0) is 6.42 Å². The lowest BCUT2D eigenvalue weighted by Gasteiger charge is -2.13. The van der Waals surface area contributed by atoms with E-state index in [2.05, 4.69) is 0 Å². The molecule has 0 bridgehead atoms. The van der Waals surface area contributed by atoms with Crippen LogP contribution in [0.5, 0.6) is 0 Å². The van der Waals surface area contributed by atoms with Crippen LogP contribution in [0, 0.1) is 0 Å². The summed E-state index contributed by atoms with van der Waals surface area (Å²) in [4.78, 5) is 0. The summed E-state index contributed by atoms with van der Waals surface area (Å²) in [5, 5.41) is 9.45. The lowest BCUT2D eigenvalue weighted by molar-refractivity contribution is 0.145. The fourth-order valence-electron chi connectivity index (χ4n) is 1.34. The van der Waals surface area contributed by atoms with Gasteiger partial charge in [0.2, 0.25) is 6.43 Å². The highest BCUT2D eigenvalue weighted by Crippen LogP contribution is 2.19. The smallest absolute Gasteiger partial charge is 0.242 e. The SMILES string of the molecule is NCC(O)c1ccccc1CC(F)F. The van der Waals surface area contributed by atoms with Crippen molar-refractivity contribution in [2.24, 2.45) is 5.73 Å². The lowest BCUT2D eigenvalue weighted by Crippen LogP contribution is -2.14. The molecule has 2 nitrogen and oxygen atoms in total. The van der Waals surface area contributed by atoms with Crippen LogP contribution in [0.15, 0.2) is 24.3 Å². The number of nitrogens with two attached hydrogens (primary N) is 1. The molecule has 0 aliphatic carbocycles. The minimum Gasteiger partial charge on any atom is -0.387 e. The predicted molar refractivity (Wildman–Crippen MR) is 50.2 cm³/mol. The summed E-state index contributed by atoms with van der Waals surface area (Å²) < 4.78 is 24.3. The van der Waals surface area contributed by atoms with E-state index in [4.69, 9.17) is 5.73 Å². The Labute approximate surface area is 81.4 Å². The van der Waals surface area contributed by atoms with Gasteiger partial charge in [0.15, 0.2) is 0 Å². The van der Waals surface area contributed by atoms with Crippen molar-refractivity contribution in [3.63, 3.8) is 0 Å². The molecule has 0 heterocycles. The van der Waals surface area contributed by atoms with Crippen LogP contribution in [0.25, 0.3) is 0 Å². The van der Waals surface area contributed by atoms with Gasteiger partial charge in [-0.05, 0) is 11.1 Å². The third-order valence-electron chi connectivity index (χ3n) is 2.01. The minimum atomic E-state index is -2.40. The van der Waals surface area contributed by atoms with Crippen molar-refractivity contribution in [3.05, 3.63) is 35.4 Å². The lowest BCUT2D eigenvalue weighted by atomic mass is 10.0. The monoisotopic (exact) mass is 201 g/mol. The Morgan fingerprint density at radius 3 is 2.50 bits per heavy atom. The number of aliphatic hydroxyl groups excluding tert-OH is 1. The normalized spacial score (nSPS) is 13.2. The van der Waals surface area contributed by atoms with E-state index in [9.17, 15) is 13.9 Å². The first-order valence-corrected chi connectivity index (χ1v) is 4.39. The molecule has 78 valence electrons. The molecule has 1 atom stereocenters. The second-order valence-electron chi connectivity index (χ2n) is 3.05. The van der Waals surface area contributed by atoms with Gasteiger partial charge in [0, 0.05) is 13.0 Å². The molecular weight excluding hydrogens is 188 g/mol. The summed E-state index contributed by atoms with van der Waals surface area (Å²) in [7, 11) is 0. The first-order valence-electron chi connectivity index (χ1n) is 4.39. The van der Waals surface area contributed by atoms with Gasteiger partial charge in [-0.2, -0.15) is 0 Å². The zero-order valence-electron chi connectivity index (χ0n) is 7.66. The first-order chi connectivity index (χ1) is 6.65. The van der Waals surface area contributed by atoms with Crippen LogP contribution in [0.2, 0.25) is 0 Å². The Bertz CT molecular complexity index is 291. The van der Waals surface area contributed by atoms with Crippen molar-refractivity contribution < 1.29 is 13.9 Å².